The minimum atomic E-state index is -0.0602. The van der Waals surface area contributed by atoms with Crippen LogP contribution in [0.5, 0.6) is 0 Å². The Kier molecular flexibility index (Phi) is 2.60. The van der Waals surface area contributed by atoms with Gasteiger partial charge >= 0.3 is 0 Å². The Hall–Kier alpha value is -1.64. The molecule has 1 aromatic carbocycles. The van der Waals surface area contributed by atoms with Gasteiger partial charge in [0.2, 0.25) is 11.8 Å². The summed E-state index contributed by atoms with van der Waals surface area (Å²) in [6.07, 6.45) is 1.07. The maximum Gasteiger partial charge on any atom is 0.237 e. The van der Waals surface area contributed by atoms with E-state index in [4.69, 9.17) is 0 Å². The molecule has 3 nitrogen and oxygen atoms in total. The summed E-state index contributed by atoms with van der Waals surface area (Å²) in [6, 6.07) is 7.70. The molecule has 0 radical (unpaired) electrons. The second-order valence-electron chi connectivity index (χ2n) is 7.18. The largest absolute Gasteiger partial charge is 0.274 e. The van der Waals surface area contributed by atoms with Crippen molar-refractivity contribution in [2.45, 2.75) is 27.2 Å². The van der Waals surface area contributed by atoms with E-state index in [0.717, 1.165) is 17.7 Å². The Labute approximate surface area is 125 Å². The van der Waals surface area contributed by atoms with Crippen molar-refractivity contribution < 1.29 is 9.59 Å². The van der Waals surface area contributed by atoms with Crippen LogP contribution in [-0.4, -0.2) is 11.8 Å². The zero-order chi connectivity index (χ0) is 14.9. The van der Waals surface area contributed by atoms with Crippen molar-refractivity contribution >= 4 is 17.5 Å². The molecule has 1 heterocycles. The molecule has 0 aromatic heterocycles. The van der Waals surface area contributed by atoms with Crippen LogP contribution < -0.4 is 4.90 Å². The van der Waals surface area contributed by atoms with E-state index in [-0.39, 0.29) is 23.7 Å². The molecule has 1 aliphatic heterocycles. The number of nitrogens with zero attached hydrogens (tertiary/aromatic N) is 1. The first-order valence-corrected chi connectivity index (χ1v) is 7.95. The van der Waals surface area contributed by atoms with Gasteiger partial charge in [0, 0.05) is 0 Å². The number of fused-ring (bicyclic) bond motifs is 5. The third-order valence-corrected chi connectivity index (χ3v) is 6.34. The van der Waals surface area contributed by atoms with Gasteiger partial charge in [0.1, 0.15) is 0 Å². The van der Waals surface area contributed by atoms with Crippen molar-refractivity contribution in [2.75, 3.05) is 4.90 Å². The molecule has 6 atom stereocenters. The van der Waals surface area contributed by atoms with E-state index in [1.807, 2.05) is 31.2 Å². The van der Waals surface area contributed by atoms with E-state index in [2.05, 4.69) is 13.8 Å². The molecule has 0 spiro atoms. The minimum Gasteiger partial charge on any atom is -0.274 e. The normalized spacial score (nSPS) is 41.0. The summed E-state index contributed by atoms with van der Waals surface area (Å²) in [4.78, 5) is 27.1. The summed E-state index contributed by atoms with van der Waals surface area (Å²) >= 11 is 0. The quantitative estimate of drug-likeness (QED) is 0.743. The Morgan fingerprint density at radius 2 is 1.38 bits per heavy atom. The number of benzene rings is 1. The van der Waals surface area contributed by atoms with Gasteiger partial charge in [-0.1, -0.05) is 31.5 Å². The number of amides is 2. The molecule has 1 aromatic rings. The number of carbonyl (C=O) groups excluding carboxylic acids is 2. The molecule has 4 rings (SSSR count). The van der Waals surface area contributed by atoms with Gasteiger partial charge in [0.15, 0.2) is 0 Å². The molecule has 0 N–H and O–H groups in total. The third-order valence-electron chi connectivity index (χ3n) is 6.34. The summed E-state index contributed by atoms with van der Waals surface area (Å²) in [6.45, 7) is 6.51. The lowest BCUT2D eigenvalue weighted by Gasteiger charge is -2.31. The van der Waals surface area contributed by atoms with E-state index >= 15 is 0 Å². The summed E-state index contributed by atoms with van der Waals surface area (Å²) in [5.74, 6) is 1.89. The van der Waals surface area contributed by atoms with Crippen LogP contribution in [0.2, 0.25) is 0 Å². The van der Waals surface area contributed by atoms with Crippen LogP contribution in [0.1, 0.15) is 25.8 Å². The molecule has 3 aliphatic rings. The van der Waals surface area contributed by atoms with Crippen LogP contribution in [0.25, 0.3) is 0 Å². The predicted octanol–water partition coefficient (Wildman–Crippen LogP) is 3.02. The van der Waals surface area contributed by atoms with Gasteiger partial charge in [-0.05, 0) is 49.1 Å². The fourth-order valence-electron chi connectivity index (χ4n) is 5.03. The average molecular weight is 283 g/mol. The van der Waals surface area contributed by atoms with Gasteiger partial charge in [-0.15, -0.1) is 0 Å². The lowest BCUT2D eigenvalue weighted by atomic mass is 9.70. The Bertz CT molecular complexity index is 589. The van der Waals surface area contributed by atoms with Crippen LogP contribution in [0.4, 0.5) is 5.69 Å². The second kappa shape index (κ2) is 4.19. The first-order chi connectivity index (χ1) is 10.0. The third kappa shape index (κ3) is 1.55. The summed E-state index contributed by atoms with van der Waals surface area (Å²) in [5, 5.41) is 0. The highest BCUT2D eigenvalue weighted by molar-refractivity contribution is 6.22. The Balaban J connectivity index is 1.73. The number of imide groups is 1. The number of aryl methyl sites for hydroxylation is 1. The average Bonchev–Trinajstić information content (AvgIpc) is 3.06. The van der Waals surface area contributed by atoms with Crippen LogP contribution in [0.15, 0.2) is 24.3 Å². The number of anilines is 1. The predicted molar refractivity (Wildman–Crippen MR) is 80.6 cm³/mol. The SMILES string of the molecule is Cc1ccc(N2C(=O)C3C4CC(C(C)C4C)C3C2=O)cc1. The highest BCUT2D eigenvalue weighted by Gasteiger charge is 2.65. The van der Waals surface area contributed by atoms with Gasteiger partial charge in [-0.2, -0.15) is 0 Å². The molecule has 1 saturated heterocycles. The smallest absolute Gasteiger partial charge is 0.237 e. The Morgan fingerprint density at radius 1 is 0.905 bits per heavy atom. The first-order valence-electron chi connectivity index (χ1n) is 7.95. The van der Waals surface area contributed by atoms with Gasteiger partial charge in [0.05, 0.1) is 17.5 Å². The van der Waals surface area contributed by atoms with E-state index in [1.165, 1.54) is 4.90 Å². The van der Waals surface area contributed by atoms with E-state index in [0.29, 0.717) is 23.7 Å². The second-order valence-corrected chi connectivity index (χ2v) is 7.18. The highest BCUT2D eigenvalue weighted by Crippen LogP contribution is 2.61. The monoisotopic (exact) mass is 283 g/mol. The first kappa shape index (κ1) is 13.1. The van der Waals surface area contributed by atoms with Gasteiger partial charge in [0.25, 0.3) is 0 Å². The number of hydrogen-bond donors (Lipinski definition) is 0. The van der Waals surface area contributed by atoms with Gasteiger partial charge in [-0.3, -0.25) is 14.5 Å². The van der Waals surface area contributed by atoms with Crippen molar-refractivity contribution in [3.05, 3.63) is 29.8 Å². The van der Waals surface area contributed by atoms with Crippen LogP contribution >= 0.6 is 0 Å². The molecule has 6 unspecified atom stereocenters. The lowest BCUT2D eigenvalue weighted by Crippen LogP contribution is -2.34. The molecule has 3 heteroatoms. The molecule has 21 heavy (non-hydrogen) atoms. The molecule has 3 fully saturated rings. The summed E-state index contributed by atoms with van der Waals surface area (Å²) in [5.41, 5.74) is 1.88. The van der Waals surface area contributed by atoms with Gasteiger partial charge in [-0.25, -0.2) is 0 Å². The fourth-order valence-corrected chi connectivity index (χ4v) is 5.03. The topological polar surface area (TPSA) is 37.4 Å². The Morgan fingerprint density at radius 3 is 1.86 bits per heavy atom. The maximum atomic E-state index is 12.8. The molecule has 2 bridgehead atoms. The number of rotatable bonds is 1. The lowest BCUT2D eigenvalue weighted by molar-refractivity contribution is -0.123. The standard InChI is InChI=1S/C18H21NO2/c1-9-4-6-12(7-5-9)19-17(20)15-13-8-14(11(3)10(13)2)16(15)18(19)21/h4-7,10-11,13-16H,8H2,1-3H3. The molecule has 2 amide bonds. The van der Waals surface area contributed by atoms with Crippen molar-refractivity contribution in [1.29, 1.82) is 0 Å². The van der Waals surface area contributed by atoms with Crippen molar-refractivity contribution in [3.63, 3.8) is 0 Å². The maximum absolute atomic E-state index is 12.8. The highest BCUT2D eigenvalue weighted by atomic mass is 16.2. The van der Waals surface area contributed by atoms with Crippen molar-refractivity contribution in [2.24, 2.45) is 35.5 Å². The number of carbonyl (C=O) groups is 2. The number of hydrogen-bond acceptors (Lipinski definition) is 2. The zero-order valence-electron chi connectivity index (χ0n) is 12.7. The fraction of sp³-hybridized carbons (Fsp3) is 0.556. The van der Waals surface area contributed by atoms with Crippen LogP contribution in [0.3, 0.4) is 0 Å². The summed E-state index contributed by atoms with van der Waals surface area (Å²) in [7, 11) is 0. The van der Waals surface area contributed by atoms with E-state index in [9.17, 15) is 9.59 Å². The molecular weight excluding hydrogens is 262 g/mol. The van der Waals surface area contributed by atoms with Gasteiger partial charge < -0.3 is 0 Å². The van der Waals surface area contributed by atoms with Crippen LogP contribution in [-0.2, 0) is 9.59 Å². The van der Waals surface area contributed by atoms with E-state index < -0.39 is 0 Å². The molecular formula is C18H21NO2. The zero-order valence-corrected chi connectivity index (χ0v) is 12.7. The molecule has 2 saturated carbocycles. The van der Waals surface area contributed by atoms with E-state index in [1.54, 1.807) is 0 Å². The minimum absolute atomic E-state index is 0.0418. The van der Waals surface area contributed by atoms with Crippen LogP contribution in [0, 0.1) is 42.4 Å². The molecule has 110 valence electrons. The summed E-state index contributed by atoms with van der Waals surface area (Å²) < 4.78 is 0. The molecule has 2 aliphatic carbocycles. The van der Waals surface area contributed by atoms with Crippen molar-refractivity contribution in [1.82, 2.24) is 0 Å². The van der Waals surface area contributed by atoms with Crippen molar-refractivity contribution in [3.8, 4) is 0 Å².